The Bertz CT molecular complexity index is 394. The van der Waals surface area contributed by atoms with Crippen molar-refractivity contribution in [2.24, 2.45) is 0 Å². The number of fused-ring (bicyclic) bond motifs is 1. The predicted octanol–water partition coefficient (Wildman–Crippen LogP) is 1.20. The third-order valence-corrected chi connectivity index (χ3v) is 1.99. The van der Waals surface area contributed by atoms with E-state index in [1.54, 1.807) is 16.9 Å². The number of hydrogen-bond donors (Lipinski definition) is 0. The molecule has 0 aliphatic heterocycles. The van der Waals surface area contributed by atoms with Crippen LogP contribution >= 0.6 is 15.9 Å². The fraction of sp³-hybridized carbons (Fsp3) is 0.167. The van der Waals surface area contributed by atoms with E-state index in [-0.39, 0.29) is 0 Å². The zero-order valence-corrected chi connectivity index (χ0v) is 7.41. The first-order chi connectivity index (χ1) is 5.29. The lowest BCUT2D eigenvalue weighted by Gasteiger charge is -1.93. The molecule has 0 radical (unpaired) electrons. The standard InChI is InChI=1S/C6H5BrN4/c1-4-2-8-10-6-5(7)3-9-11(4)6/h2-3H,1H3. The molecule has 2 heterocycles. The van der Waals surface area contributed by atoms with E-state index in [9.17, 15) is 0 Å². The van der Waals surface area contributed by atoms with Crippen LogP contribution in [0.1, 0.15) is 5.69 Å². The molecule has 0 fully saturated rings. The van der Waals surface area contributed by atoms with Crippen LogP contribution in [-0.2, 0) is 0 Å². The van der Waals surface area contributed by atoms with Crippen LogP contribution in [0.2, 0.25) is 0 Å². The third kappa shape index (κ3) is 0.920. The zero-order valence-electron chi connectivity index (χ0n) is 5.82. The Hall–Kier alpha value is -0.970. The van der Waals surface area contributed by atoms with Gasteiger partial charge >= 0.3 is 0 Å². The highest BCUT2D eigenvalue weighted by molar-refractivity contribution is 9.10. The maximum absolute atomic E-state index is 4.09. The number of nitrogens with zero attached hydrogens (tertiary/aromatic N) is 4. The molecule has 0 unspecified atom stereocenters. The molecule has 0 aromatic carbocycles. The van der Waals surface area contributed by atoms with E-state index >= 15 is 0 Å². The van der Waals surface area contributed by atoms with Crippen molar-refractivity contribution < 1.29 is 0 Å². The highest BCUT2D eigenvalue weighted by atomic mass is 79.9. The topological polar surface area (TPSA) is 43.1 Å². The molecule has 0 saturated carbocycles. The first kappa shape index (κ1) is 6.72. The molecule has 2 aromatic heterocycles. The summed E-state index contributed by atoms with van der Waals surface area (Å²) >= 11 is 3.32. The Kier molecular flexibility index (Phi) is 1.38. The summed E-state index contributed by atoms with van der Waals surface area (Å²) in [5, 5.41) is 11.8. The van der Waals surface area contributed by atoms with Gasteiger partial charge in [-0.25, -0.2) is 4.52 Å². The molecule has 0 atom stereocenters. The van der Waals surface area contributed by atoms with Gasteiger partial charge in [-0.3, -0.25) is 0 Å². The molecule has 11 heavy (non-hydrogen) atoms. The van der Waals surface area contributed by atoms with E-state index in [1.807, 2.05) is 6.92 Å². The van der Waals surface area contributed by atoms with Gasteiger partial charge in [-0.1, -0.05) is 0 Å². The van der Waals surface area contributed by atoms with Crippen LogP contribution in [-0.4, -0.2) is 19.8 Å². The van der Waals surface area contributed by atoms with Crippen LogP contribution in [0.25, 0.3) is 5.65 Å². The molecular weight excluding hydrogens is 208 g/mol. The lowest BCUT2D eigenvalue weighted by atomic mass is 10.5. The van der Waals surface area contributed by atoms with Crippen molar-refractivity contribution in [3.05, 3.63) is 22.6 Å². The molecule has 56 valence electrons. The number of aryl methyl sites for hydroxylation is 1. The van der Waals surface area contributed by atoms with E-state index in [0.29, 0.717) is 0 Å². The second-order valence-corrected chi connectivity index (χ2v) is 3.07. The highest BCUT2D eigenvalue weighted by Crippen LogP contribution is 2.14. The fourth-order valence-electron chi connectivity index (χ4n) is 0.892. The second kappa shape index (κ2) is 2.27. The largest absolute Gasteiger partial charge is 0.215 e. The molecule has 0 aliphatic rings. The van der Waals surface area contributed by atoms with Crippen molar-refractivity contribution in [2.45, 2.75) is 6.92 Å². The average molecular weight is 213 g/mol. The van der Waals surface area contributed by atoms with Crippen molar-refractivity contribution in [1.29, 1.82) is 0 Å². The Morgan fingerprint density at radius 3 is 3.00 bits per heavy atom. The minimum absolute atomic E-state index is 0.755. The fourth-order valence-corrected chi connectivity index (χ4v) is 1.23. The van der Waals surface area contributed by atoms with E-state index in [1.165, 1.54) is 0 Å². The summed E-state index contributed by atoms with van der Waals surface area (Å²) in [6.45, 7) is 1.93. The van der Waals surface area contributed by atoms with Crippen molar-refractivity contribution in [3.8, 4) is 0 Å². The van der Waals surface area contributed by atoms with Crippen molar-refractivity contribution >= 4 is 21.6 Å². The maximum atomic E-state index is 4.09. The number of hydrogen-bond acceptors (Lipinski definition) is 3. The molecule has 0 saturated heterocycles. The number of halogens is 1. The molecule has 0 bridgehead atoms. The summed E-state index contributed by atoms with van der Waals surface area (Å²) in [5.41, 5.74) is 1.73. The Balaban J connectivity index is 2.94. The monoisotopic (exact) mass is 212 g/mol. The SMILES string of the molecule is Cc1cnnc2c(Br)cnn12. The van der Waals surface area contributed by atoms with Gasteiger partial charge in [0.15, 0.2) is 5.65 Å². The molecule has 2 rings (SSSR count). The van der Waals surface area contributed by atoms with Crippen LogP contribution in [0.5, 0.6) is 0 Å². The van der Waals surface area contributed by atoms with Gasteiger partial charge in [-0.15, -0.1) is 5.10 Å². The normalized spacial score (nSPS) is 10.7. The van der Waals surface area contributed by atoms with Gasteiger partial charge in [-0.2, -0.15) is 10.2 Å². The molecular formula is C6H5BrN4. The van der Waals surface area contributed by atoms with Crippen LogP contribution in [0.4, 0.5) is 0 Å². The van der Waals surface area contributed by atoms with Crippen molar-refractivity contribution in [2.75, 3.05) is 0 Å². The van der Waals surface area contributed by atoms with Crippen molar-refractivity contribution in [3.63, 3.8) is 0 Å². The summed E-state index contributed by atoms with van der Waals surface area (Å²) < 4.78 is 2.60. The van der Waals surface area contributed by atoms with E-state index in [0.717, 1.165) is 15.8 Å². The van der Waals surface area contributed by atoms with Gasteiger partial charge in [0.1, 0.15) is 0 Å². The molecule has 0 amide bonds. The van der Waals surface area contributed by atoms with Gasteiger partial charge in [0, 0.05) is 0 Å². The quantitative estimate of drug-likeness (QED) is 0.660. The minimum atomic E-state index is 0.755. The average Bonchev–Trinajstić information content (AvgIpc) is 2.35. The van der Waals surface area contributed by atoms with Gasteiger partial charge in [0.25, 0.3) is 0 Å². The van der Waals surface area contributed by atoms with Crippen LogP contribution < -0.4 is 0 Å². The first-order valence-electron chi connectivity index (χ1n) is 3.10. The summed E-state index contributed by atoms with van der Waals surface area (Å²) in [7, 11) is 0. The third-order valence-electron chi connectivity index (χ3n) is 1.43. The van der Waals surface area contributed by atoms with Gasteiger partial charge < -0.3 is 0 Å². The summed E-state index contributed by atoms with van der Waals surface area (Å²) in [6.07, 6.45) is 3.38. The zero-order chi connectivity index (χ0) is 7.84. The lowest BCUT2D eigenvalue weighted by Crippen LogP contribution is -1.96. The van der Waals surface area contributed by atoms with E-state index in [2.05, 4.69) is 31.2 Å². The number of rotatable bonds is 0. The molecule has 0 spiro atoms. The van der Waals surface area contributed by atoms with Crippen LogP contribution in [0.15, 0.2) is 16.9 Å². The molecule has 4 nitrogen and oxygen atoms in total. The van der Waals surface area contributed by atoms with Gasteiger partial charge in [-0.05, 0) is 22.9 Å². The summed E-state index contributed by atoms with van der Waals surface area (Å²) in [5.74, 6) is 0. The van der Waals surface area contributed by atoms with Gasteiger partial charge in [0.2, 0.25) is 0 Å². The Morgan fingerprint density at radius 1 is 1.45 bits per heavy atom. The minimum Gasteiger partial charge on any atom is -0.215 e. The smallest absolute Gasteiger partial charge is 0.191 e. The molecule has 5 heteroatoms. The Morgan fingerprint density at radius 2 is 2.27 bits per heavy atom. The lowest BCUT2D eigenvalue weighted by molar-refractivity contribution is 0.849. The number of aromatic nitrogens is 4. The van der Waals surface area contributed by atoms with Crippen LogP contribution in [0, 0.1) is 6.92 Å². The summed E-state index contributed by atoms with van der Waals surface area (Å²) in [4.78, 5) is 0. The van der Waals surface area contributed by atoms with E-state index < -0.39 is 0 Å². The van der Waals surface area contributed by atoms with Crippen molar-refractivity contribution in [1.82, 2.24) is 19.8 Å². The first-order valence-corrected chi connectivity index (χ1v) is 3.90. The predicted molar refractivity (Wildman–Crippen MR) is 43.2 cm³/mol. The van der Waals surface area contributed by atoms with Crippen LogP contribution in [0.3, 0.4) is 0 Å². The molecule has 0 aliphatic carbocycles. The summed E-state index contributed by atoms with van der Waals surface area (Å²) in [6, 6.07) is 0. The second-order valence-electron chi connectivity index (χ2n) is 2.21. The maximum Gasteiger partial charge on any atom is 0.191 e. The van der Waals surface area contributed by atoms with Gasteiger partial charge in [0.05, 0.1) is 22.6 Å². The van der Waals surface area contributed by atoms with E-state index in [4.69, 9.17) is 0 Å². The Labute approximate surface area is 71.4 Å². The highest BCUT2D eigenvalue weighted by Gasteiger charge is 2.02. The molecule has 2 aromatic rings. The molecule has 0 N–H and O–H groups in total.